The van der Waals surface area contributed by atoms with Gasteiger partial charge in [0.15, 0.2) is 6.61 Å². The van der Waals surface area contributed by atoms with E-state index in [4.69, 9.17) is 16.3 Å². The number of benzene rings is 2. The average molecular weight is 426 g/mol. The van der Waals surface area contributed by atoms with Crippen molar-refractivity contribution in [2.75, 3.05) is 18.5 Å². The first-order chi connectivity index (χ1) is 14.3. The van der Waals surface area contributed by atoms with Crippen molar-refractivity contribution in [3.05, 3.63) is 64.8 Å². The summed E-state index contributed by atoms with van der Waals surface area (Å²) in [6, 6.07) is 12.2. The Morgan fingerprint density at radius 1 is 1.17 bits per heavy atom. The molecule has 0 aliphatic rings. The Hall–Kier alpha value is -3.12. The highest BCUT2D eigenvalue weighted by molar-refractivity contribution is 6.35. The van der Waals surface area contributed by atoms with E-state index in [9.17, 15) is 9.59 Å². The minimum atomic E-state index is -0.311. The molecule has 0 saturated heterocycles. The summed E-state index contributed by atoms with van der Waals surface area (Å²) in [6.07, 6.45) is 1.65. The van der Waals surface area contributed by atoms with Crippen LogP contribution in [-0.2, 0) is 4.79 Å². The summed E-state index contributed by atoms with van der Waals surface area (Å²) in [7, 11) is 0. The number of pyridine rings is 1. The molecule has 1 heterocycles. The van der Waals surface area contributed by atoms with Crippen LogP contribution >= 0.6 is 11.6 Å². The fraction of sp³-hybridized carbons (Fsp3) is 0.261. The number of anilines is 1. The number of hydrogen-bond donors (Lipinski definition) is 2. The van der Waals surface area contributed by atoms with Gasteiger partial charge in [0, 0.05) is 29.4 Å². The molecule has 0 unspecified atom stereocenters. The molecule has 2 N–H and O–H groups in total. The number of nitrogens with zero attached hydrogens (tertiary/aromatic N) is 1. The Kier molecular flexibility index (Phi) is 6.90. The molecule has 0 fully saturated rings. The Labute approximate surface area is 180 Å². The molecule has 0 saturated carbocycles. The Bertz CT molecular complexity index is 1080. The van der Waals surface area contributed by atoms with E-state index < -0.39 is 0 Å². The Balaban J connectivity index is 1.63. The Morgan fingerprint density at radius 2 is 1.97 bits per heavy atom. The van der Waals surface area contributed by atoms with Crippen LogP contribution in [-0.4, -0.2) is 29.9 Å². The van der Waals surface area contributed by atoms with Gasteiger partial charge in [0.25, 0.3) is 11.8 Å². The van der Waals surface area contributed by atoms with Crippen molar-refractivity contribution in [3.8, 4) is 5.75 Å². The van der Waals surface area contributed by atoms with Crippen molar-refractivity contribution < 1.29 is 14.3 Å². The predicted molar refractivity (Wildman–Crippen MR) is 119 cm³/mol. The molecular formula is C23H24ClN3O3. The van der Waals surface area contributed by atoms with Crippen LogP contribution in [0.25, 0.3) is 10.9 Å². The van der Waals surface area contributed by atoms with E-state index >= 15 is 0 Å². The first-order valence-corrected chi connectivity index (χ1v) is 10.1. The summed E-state index contributed by atoms with van der Waals surface area (Å²) in [5.74, 6) is 0.421. The minimum Gasteiger partial charge on any atom is -0.481 e. The second-order valence-electron chi connectivity index (χ2n) is 7.42. The lowest BCUT2D eigenvalue weighted by Gasteiger charge is -2.13. The summed E-state index contributed by atoms with van der Waals surface area (Å²) in [5, 5.41) is 7.03. The zero-order valence-electron chi connectivity index (χ0n) is 17.2. The van der Waals surface area contributed by atoms with Crippen LogP contribution < -0.4 is 15.4 Å². The topological polar surface area (TPSA) is 80.3 Å². The van der Waals surface area contributed by atoms with Gasteiger partial charge < -0.3 is 15.4 Å². The van der Waals surface area contributed by atoms with Crippen LogP contribution in [0.2, 0.25) is 5.02 Å². The SMILES string of the molecule is Cc1cc(C(=O)NCC(C)C)ccc1NC(=O)COc1ccc(Cl)c2cccnc12. The average Bonchev–Trinajstić information content (AvgIpc) is 2.73. The summed E-state index contributed by atoms with van der Waals surface area (Å²) in [4.78, 5) is 28.9. The number of aromatic nitrogens is 1. The first-order valence-electron chi connectivity index (χ1n) is 9.70. The first kappa shape index (κ1) is 21.6. The molecule has 0 atom stereocenters. The van der Waals surface area contributed by atoms with E-state index in [0.717, 1.165) is 10.9 Å². The van der Waals surface area contributed by atoms with Crippen molar-refractivity contribution in [2.45, 2.75) is 20.8 Å². The van der Waals surface area contributed by atoms with Crippen molar-refractivity contribution in [3.63, 3.8) is 0 Å². The number of hydrogen-bond acceptors (Lipinski definition) is 4. The highest BCUT2D eigenvalue weighted by Gasteiger charge is 2.12. The molecule has 0 bridgehead atoms. The molecule has 6 nitrogen and oxygen atoms in total. The second-order valence-corrected chi connectivity index (χ2v) is 7.82. The molecule has 156 valence electrons. The summed E-state index contributed by atoms with van der Waals surface area (Å²) in [5.41, 5.74) is 2.58. The molecule has 0 aliphatic heterocycles. The number of carbonyl (C=O) groups is 2. The molecule has 0 spiro atoms. The minimum absolute atomic E-state index is 0.130. The number of halogens is 1. The third-order valence-electron chi connectivity index (χ3n) is 4.47. The number of fused-ring (bicyclic) bond motifs is 1. The second kappa shape index (κ2) is 9.59. The molecule has 30 heavy (non-hydrogen) atoms. The maximum absolute atomic E-state index is 12.4. The van der Waals surface area contributed by atoms with Crippen molar-refractivity contribution in [2.24, 2.45) is 5.92 Å². The molecule has 3 rings (SSSR count). The molecule has 7 heteroatoms. The van der Waals surface area contributed by atoms with Gasteiger partial charge in [0.1, 0.15) is 11.3 Å². The highest BCUT2D eigenvalue weighted by atomic mass is 35.5. The molecule has 1 aromatic heterocycles. The van der Waals surface area contributed by atoms with Gasteiger partial charge >= 0.3 is 0 Å². The number of aryl methyl sites for hydroxylation is 1. The van der Waals surface area contributed by atoms with Crippen LogP contribution in [0, 0.1) is 12.8 Å². The van der Waals surface area contributed by atoms with Crippen LogP contribution in [0.5, 0.6) is 5.75 Å². The third-order valence-corrected chi connectivity index (χ3v) is 4.80. The molecule has 2 amide bonds. The standard InChI is InChI=1S/C23H24ClN3O3/c1-14(2)12-26-23(29)16-6-8-19(15(3)11-16)27-21(28)13-30-20-9-7-18(24)17-5-4-10-25-22(17)20/h4-11,14H,12-13H2,1-3H3,(H,26,29)(H,27,28). The van der Waals surface area contributed by atoms with E-state index in [1.165, 1.54) is 0 Å². The van der Waals surface area contributed by atoms with Crippen LogP contribution in [0.15, 0.2) is 48.7 Å². The summed E-state index contributed by atoms with van der Waals surface area (Å²) < 4.78 is 5.67. The van der Waals surface area contributed by atoms with Crippen molar-refractivity contribution in [1.82, 2.24) is 10.3 Å². The van der Waals surface area contributed by atoms with E-state index in [1.54, 1.807) is 42.6 Å². The van der Waals surface area contributed by atoms with Crippen LogP contribution in [0.1, 0.15) is 29.8 Å². The lowest BCUT2D eigenvalue weighted by molar-refractivity contribution is -0.118. The summed E-state index contributed by atoms with van der Waals surface area (Å²) in [6.45, 7) is 6.35. The maximum atomic E-state index is 12.4. The number of amides is 2. The van der Waals surface area contributed by atoms with E-state index in [1.807, 2.05) is 26.8 Å². The van der Waals surface area contributed by atoms with Gasteiger partial charge in [-0.2, -0.15) is 0 Å². The molecule has 2 aromatic carbocycles. The number of carbonyl (C=O) groups excluding carboxylic acids is 2. The quantitative estimate of drug-likeness (QED) is 0.579. The van der Waals surface area contributed by atoms with Gasteiger partial charge in [-0.25, -0.2) is 0 Å². The van der Waals surface area contributed by atoms with Gasteiger partial charge in [-0.05, 0) is 60.9 Å². The van der Waals surface area contributed by atoms with Gasteiger partial charge in [0.2, 0.25) is 0 Å². The molecular weight excluding hydrogens is 402 g/mol. The monoisotopic (exact) mass is 425 g/mol. The molecule has 0 radical (unpaired) electrons. The lowest BCUT2D eigenvalue weighted by atomic mass is 10.1. The van der Waals surface area contributed by atoms with Crippen LogP contribution in [0.4, 0.5) is 5.69 Å². The van der Waals surface area contributed by atoms with E-state index in [0.29, 0.717) is 40.0 Å². The van der Waals surface area contributed by atoms with E-state index in [2.05, 4.69) is 15.6 Å². The molecule has 0 aliphatic carbocycles. The van der Waals surface area contributed by atoms with Gasteiger partial charge in [-0.3, -0.25) is 14.6 Å². The number of rotatable bonds is 7. The zero-order valence-corrected chi connectivity index (χ0v) is 17.9. The fourth-order valence-electron chi connectivity index (χ4n) is 2.90. The van der Waals surface area contributed by atoms with Crippen LogP contribution in [0.3, 0.4) is 0 Å². The summed E-state index contributed by atoms with van der Waals surface area (Å²) >= 11 is 6.18. The van der Waals surface area contributed by atoms with Gasteiger partial charge in [-0.15, -0.1) is 0 Å². The third kappa shape index (κ3) is 5.27. The van der Waals surface area contributed by atoms with Gasteiger partial charge in [-0.1, -0.05) is 25.4 Å². The zero-order chi connectivity index (χ0) is 21.7. The van der Waals surface area contributed by atoms with Gasteiger partial charge in [0.05, 0.1) is 5.02 Å². The largest absolute Gasteiger partial charge is 0.481 e. The lowest BCUT2D eigenvalue weighted by Crippen LogP contribution is -2.27. The smallest absolute Gasteiger partial charge is 0.262 e. The highest BCUT2D eigenvalue weighted by Crippen LogP contribution is 2.29. The number of ether oxygens (including phenoxy) is 1. The van der Waals surface area contributed by atoms with Crippen molar-refractivity contribution >= 4 is 40.0 Å². The molecule has 3 aromatic rings. The Morgan fingerprint density at radius 3 is 2.70 bits per heavy atom. The predicted octanol–water partition coefficient (Wildman–Crippen LogP) is 4.60. The van der Waals surface area contributed by atoms with E-state index in [-0.39, 0.29) is 18.4 Å². The number of nitrogens with one attached hydrogen (secondary N) is 2. The fourth-order valence-corrected chi connectivity index (χ4v) is 3.12. The normalized spacial score (nSPS) is 10.8. The maximum Gasteiger partial charge on any atom is 0.262 e. The van der Waals surface area contributed by atoms with Crippen molar-refractivity contribution in [1.29, 1.82) is 0 Å².